The summed E-state index contributed by atoms with van der Waals surface area (Å²) >= 11 is 0. The van der Waals surface area contributed by atoms with Gasteiger partial charge in [0.15, 0.2) is 0 Å². The highest BCUT2D eigenvalue weighted by atomic mass is 16.2. The molecular formula is C14H22N4O. The van der Waals surface area contributed by atoms with Crippen LogP contribution in [0, 0.1) is 0 Å². The molecule has 0 radical (unpaired) electrons. The molecule has 0 saturated carbocycles. The van der Waals surface area contributed by atoms with E-state index in [2.05, 4.69) is 17.3 Å². The molecule has 1 aromatic rings. The van der Waals surface area contributed by atoms with E-state index in [9.17, 15) is 4.79 Å². The third kappa shape index (κ3) is 3.23. The lowest BCUT2D eigenvalue weighted by Gasteiger charge is -2.29. The van der Waals surface area contributed by atoms with Crippen molar-refractivity contribution >= 4 is 11.7 Å². The Morgan fingerprint density at radius 2 is 2.37 bits per heavy atom. The predicted molar refractivity (Wildman–Crippen MR) is 75.6 cm³/mol. The number of nitrogens with one attached hydrogen (secondary N) is 1. The third-order valence-corrected chi connectivity index (χ3v) is 3.76. The lowest BCUT2D eigenvalue weighted by Crippen LogP contribution is -2.39. The van der Waals surface area contributed by atoms with Gasteiger partial charge in [0.1, 0.15) is 5.82 Å². The fourth-order valence-corrected chi connectivity index (χ4v) is 2.68. The van der Waals surface area contributed by atoms with Gasteiger partial charge in [-0.05, 0) is 31.4 Å². The van der Waals surface area contributed by atoms with Gasteiger partial charge in [0, 0.05) is 24.3 Å². The Morgan fingerprint density at radius 1 is 1.53 bits per heavy atom. The number of aromatic nitrogens is 1. The summed E-state index contributed by atoms with van der Waals surface area (Å²) < 4.78 is 0. The molecule has 2 heterocycles. The van der Waals surface area contributed by atoms with Crippen molar-refractivity contribution in [3.8, 4) is 0 Å². The second-order valence-electron chi connectivity index (χ2n) is 4.98. The Labute approximate surface area is 114 Å². The molecule has 0 aromatic carbocycles. The largest absolute Gasteiger partial charge is 0.336 e. The summed E-state index contributed by atoms with van der Waals surface area (Å²) in [5, 5.41) is 0. The van der Waals surface area contributed by atoms with Crippen LogP contribution in [0.25, 0.3) is 0 Å². The summed E-state index contributed by atoms with van der Waals surface area (Å²) in [4.78, 5) is 18.7. The van der Waals surface area contributed by atoms with Gasteiger partial charge in [-0.3, -0.25) is 4.79 Å². The van der Waals surface area contributed by atoms with Gasteiger partial charge in [0.05, 0.1) is 0 Å². The first-order valence-electron chi connectivity index (χ1n) is 7.00. The predicted octanol–water partition coefficient (Wildman–Crippen LogP) is 2.16. The molecule has 1 aliphatic heterocycles. The monoisotopic (exact) mass is 262 g/mol. The molecule has 0 spiro atoms. The number of pyridine rings is 1. The van der Waals surface area contributed by atoms with Crippen LogP contribution in [0.3, 0.4) is 0 Å². The lowest BCUT2D eigenvalue weighted by molar-refractivity contribution is 0.0678. The number of carbonyl (C=O) groups is 1. The van der Waals surface area contributed by atoms with Crippen LogP contribution in [-0.2, 0) is 0 Å². The van der Waals surface area contributed by atoms with Gasteiger partial charge in [-0.15, -0.1) is 0 Å². The molecular weight excluding hydrogens is 240 g/mol. The fraction of sp³-hybridized carbons (Fsp3) is 0.571. The Kier molecular flexibility index (Phi) is 4.74. The van der Waals surface area contributed by atoms with Crippen molar-refractivity contribution in [2.24, 2.45) is 5.84 Å². The van der Waals surface area contributed by atoms with Crippen LogP contribution in [0.5, 0.6) is 0 Å². The van der Waals surface area contributed by atoms with Crippen molar-refractivity contribution in [1.29, 1.82) is 0 Å². The Morgan fingerprint density at radius 3 is 3.11 bits per heavy atom. The number of likely N-dealkylation sites (tertiary alicyclic amines) is 1. The van der Waals surface area contributed by atoms with E-state index in [1.165, 1.54) is 12.8 Å². The van der Waals surface area contributed by atoms with Gasteiger partial charge in [0.25, 0.3) is 5.91 Å². The molecule has 5 heteroatoms. The van der Waals surface area contributed by atoms with E-state index < -0.39 is 0 Å². The summed E-state index contributed by atoms with van der Waals surface area (Å²) in [6.45, 7) is 3.00. The molecule has 1 unspecified atom stereocenters. The molecule has 5 nitrogen and oxygen atoms in total. The number of carbonyl (C=O) groups excluding carboxylic acids is 1. The molecule has 3 N–H and O–H groups in total. The van der Waals surface area contributed by atoms with E-state index in [0.29, 0.717) is 17.4 Å². The smallest absolute Gasteiger partial charge is 0.254 e. The zero-order chi connectivity index (χ0) is 13.7. The standard InChI is InChI=1S/C14H22N4O/c1-2-12-6-4-3-5-9-18(12)14(19)11-7-8-16-13(10-11)17-15/h7-8,10,12H,2-6,9,15H2,1H3,(H,16,17). The van der Waals surface area contributed by atoms with Gasteiger partial charge in [-0.2, -0.15) is 0 Å². The van der Waals surface area contributed by atoms with Crippen molar-refractivity contribution < 1.29 is 4.79 Å². The maximum atomic E-state index is 12.6. The number of nitrogens with zero attached hydrogens (tertiary/aromatic N) is 2. The highest BCUT2D eigenvalue weighted by molar-refractivity contribution is 5.95. The summed E-state index contributed by atoms with van der Waals surface area (Å²) in [5.74, 6) is 5.95. The number of nitrogens with two attached hydrogens (primary N) is 1. The van der Waals surface area contributed by atoms with E-state index >= 15 is 0 Å². The topological polar surface area (TPSA) is 71.2 Å². The zero-order valence-electron chi connectivity index (χ0n) is 11.4. The summed E-state index contributed by atoms with van der Waals surface area (Å²) in [7, 11) is 0. The summed E-state index contributed by atoms with van der Waals surface area (Å²) in [6, 6.07) is 3.82. The minimum absolute atomic E-state index is 0.0904. The van der Waals surface area contributed by atoms with Crippen LogP contribution in [0.4, 0.5) is 5.82 Å². The molecule has 0 aliphatic carbocycles. The van der Waals surface area contributed by atoms with E-state index in [4.69, 9.17) is 5.84 Å². The Hall–Kier alpha value is -1.62. The van der Waals surface area contributed by atoms with Gasteiger partial charge >= 0.3 is 0 Å². The number of hydrogen-bond donors (Lipinski definition) is 2. The lowest BCUT2D eigenvalue weighted by atomic mass is 10.1. The fourth-order valence-electron chi connectivity index (χ4n) is 2.68. The number of anilines is 1. The van der Waals surface area contributed by atoms with E-state index in [-0.39, 0.29) is 5.91 Å². The quantitative estimate of drug-likeness (QED) is 0.647. The van der Waals surface area contributed by atoms with Gasteiger partial charge in [-0.25, -0.2) is 10.8 Å². The third-order valence-electron chi connectivity index (χ3n) is 3.76. The van der Waals surface area contributed by atoms with Crippen LogP contribution >= 0.6 is 0 Å². The molecule has 0 bridgehead atoms. The minimum Gasteiger partial charge on any atom is -0.336 e. The van der Waals surface area contributed by atoms with Gasteiger partial charge < -0.3 is 10.3 Å². The van der Waals surface area contributed by atoms with Crippen molar-refractivity contribution in [3.63, 3.8) is 0 Å². The maximum Gasteiger partial charge on any atom is 0.254 e. The van der Waals surface area contributed by atoms with Crippen LogP contribution < -0.4 is 11.3 Å². The van der Waals surface area contributed by atoms with Gasteiger partial charge in [-0.1, -0.05) is 19.8 Å². The number of nitrogen functional groups attached to an aromatic ring is 1. The summed E-state index contributed by atoms with van der Waals surface area (Å²) in [6.07, 6.45) is 7.26. The molecule has 1 saturated heterocycles. The molecule has 1 aliphatic rings. The molecule has 2 rings (SSSR count). The Bertz CT molecular complexity index is 435. The highest BCUT2D eigenvalue weighted by Gasteiger charge is 2.25. The first kappa shape index (κ1) is 13.8. The maximum absolute atomic E-state index is 12.6. The average Bonchev–Trinajstić information content (AvgIpc) is 2.71. The van der Waals surface area contributed by atoms with Crippen molar-refractivity contribution in [1.82, 2.24) is 9.88 Å². The number of hydrogen-bond acceptors (Lipinski definition) is 4. The second-order valence-corrected chi connectivity index (χ2v) is 4.98. The van der Waals surface area contributed by atoms with E-state index in [1.54, 1.807) is 18.3 Å². The summed E-state index contributed by atoms with van der Waals surface area (Å²) in [5.41, 5.74) is 3.14. The molecule has 1 aromatic heterocycles. The van der Waals surface area contributed by atoms with Crippen molar-refractivity contribution in [2.75, 3.05) is 12.0 Å². The molecule has 19 heavy (non-hydrogen) atoms. The normalized spacial score (nSPS) is 19.9. The van der Waals surface area contributed by atoms with E-state index in [0.717, 1.165) is 25.8 Å². The van der Waals surface area contributed by atoms with Crippen LogP contribution in [0.1, 0.15) is 49.4 Å². The van der Waals surface area contributed by atoms with Gasteiger partial charge in [0.2, 0.25) is 0 Å². The minimum atomic E-state index is 0.0904. The average molecular weight is 262 g/mol. The van der Waals surface area contributed by atoms with Crippen molar-refractivity contribution in [2.45, 2.75) is 45.1 Å². The van der Waals surface area contributed by atoms with Crippen LogP contribution in [0.15, 0.2) is 18.3 Å². The number of rotatable bonds is 3. The highest BCUT2D eigenvalue weighted by Crippen LogP contribution is 2.21. The molecule has 1 amide bonds. The second kappa shape index (κ2) is 6.52. The first-order valence-corrected chi connectivity index (χ1v) is 7.00. The molecule has 104 valence electrons. The SMILES string of the molecule is CCC1CCCCCN1C(=O)c1ccnc(NN)c1. The van der Waals surface area contributed by atoms with Crippen molar-refractivity contribution in [3.05, 3.63) is 23.9 Å². The molecule has 1 fully saturated rings. The molecule has 1 atom stereocenters. The Balaban J connectivity index is 2.20. The number of hydrazine groups is 1. The zero-order valence-corrected chi connectivity index (χ0v) is 11.4. The van der Waals surface area contributed by atoms with E-state index in [1.807, 2.05) is 4.90 Å². The first-order chi connectivity index (χ1) is 9.26. The van der Waals surface area contributed by atoms with Crippen LogP contribution in [-0.4, -0.2) is 28.4 Å². The number of amides is 1. The van der Waals surface area contributed by atoms with Crippen LogP contribution in [0.2, 0.25) is 0 Å².